The standard InChI is InChI=1S/C19H21FN2O2S/c20-16-8-10-17(11-9-16)22-19(24)14-25-13-18(23)21-12-4-7-15-5-2-1-3-6-15/h1-3,5-6,8-11H,4,7,12-14H2,(H,21,23)(H,22,24). The number of hydrogen-bond acceptors (Lipinski definition) is 3. The van der Waals surface area contributed by atoms with E-state index in [1.54, 1.807) is 0 Å². The lowest BCUT2D eigenvalue weighted by Gasteiger charge is -2.06. The maximum absolute atomic E-state index is 12.8. The summed E-state index contributed by atoms with van der Waals surface area (Å²) in [6.45, 7) is 0.621. The monoisotopic (exact) mass is 360 g/mol. The first-order valence-corrected chi connectivity index (χ1v) is 9.23. The number of carbonyl (C=O) groups is 2. The van der Waals surface area contributed by atoms with E-state index < -0.39 is 0 Å². The van der Waals surface area contributed by atoms with Gasteiger partial charge in [-0.05, 0) is 42.7 Å². The van der Waals surface area contributed by atoms with E-state index in [1.807, 2.05) is 18.2 Å². The Morgan fingerprint density at radius 3 is 2.32 bits per heavy atom. The van der Waals surface area contributed by atoms with Crippen molar-refractivity contribution in [3.8, 4) is 0 Å². The maximum Gasteiger partial charge on any atom is 0.234 e. The molecule has 0 unspecified atom stereocenters. The van der Waals surface area contributed by atoms with Crippen molar-refractivity contribution in [2.24, 2.45) is 0 Å². The van der Waals surface area contributed by atoms with Crippen molar-refractivity contribution in [1.29, 1.82) is 0 Å². The summed E-state index contributed by atoms with van der Waals surface area (Å²) in [6.07, 6.45) is 1.81. The molecular formula is C19H21FN2O2S. The Labute approximate surface area is 151 Å². The molecule has 0 aliphatic rings. The van der Waals surface area contributed by atoms with Crippen molar-refractivity contribution in [2.45, 2.75) is 12.8 Å². The number of aryl methyl sites for hydroxylation is 1. The summed E-state index contributed by atoms with van der Waals surface area (Å²) in [4.78, 5) is 23.5. The van der Waals surface area contributed by atoms with Crippen molar-refractivity contribution in [3.63, 3.8) is 0 Å². The second-order valence-electron chi connectivity index (χ2n) is 5.49. The van der Waals surface area contributed by atoms with E-state index in [4.69, 9.17) is 0 Å². The summed E-state index contributed by atoms with van der Waals surface area (Å²) in [6, 6.07) is 15.7. The second-order valence-corrected chi connectivity index (χ2v) is 6.47. The van der Waals surface area contributed by atoms with Crippen molar-refractivity contribution < 1.29 is 14.0 Å². The van der Waals surface area contributed by atoms with Gasteiger partial charge in [0.2, 0.25) is 11.8 Å². The molecule has 4 nitrogen and oxygen atoms in total. The van der Waals surface area contributed by atoms with Crippen LogP contribution >= 0.6 is 11.8 Å². The molecule has 0 heterocycles. The van der Waals surface area contributed by atoms with Gasteiger partial charge in [-0.3, -0.25) is 9.59 Å². The van der Waals surface area contributed by atoms with Crippen LogP contribution in [0.4, 0.5) is 10.1 Å². The third-order valence-electron chi connectivity index (χ3n) is 3.40. The molecule has 0 saturated carbocycles. The van der Waals surface area contributed by atoms with Gasteiger partial charge < -0.3 is 10.6 Å². The van der Waals surface area contributed by atoms with Gasteiger partial charge in [-0.1, -0.05) is 30.3 Å². The summed E-state index contributed by atoms with van der Waals surface area (Å²) >= 11 is 1.25. The van der Waals surface area contributed by atoms with E-state index in [-0.39, 0.29) is 29.1 Å². The van der Waals surface area contributed by atoms with Gasteiger partial charge >= 0.3 is 0 Å². The molecule has 0 fully saturated rings. The van der Waals surface area contributed by atoms with Gasteiger partial charge in [0.05, 0.1) is 11.5 Å². The Kier molecular flexibility index (Phi) is 7.98. The summed E-state index contributed by atoms with van der Waals surface area (Å²) in [7, 11) is 0. The Morgan fingerprint density at radius 2 is 1.60 bits per heavy atom. The highest BCUT2D eigenvalue weighted by Gasteiger charge is 2.06. The number of amides is 2. The lowest BCUT2D eigenvalue weighted by molar-refractivity contribution is -0.118. The zero-order valence-corrected chi connectivity index (χ0v) is 14.7. The lowest BCUT2D eigenvalue weighted by Crippen LogP contribution is -2.27. The van der Waals surface area contributed by atoms with Crippen LogP contribution in [0.15, 0.2) is 54.6 Å². The molecule has 2 rings (SSSR count). The number of halogens is 1. The van der Waals surface area contributed by atoms with Gasteiger partial charge in [-0.2, -0.15) is 0 Å². The fraction of sp³-hybridized carbons (Fsp3) is 0.263. The molecule has 0 aliphatic carbocycles. The van der Waals surface area contributed by atoms with Gasteiger partial charge in [0.15, 0.2) is 0 Å². The number of benzene rings is 2. The molecule has 0 bridgehead atoms. The van der Waals surface area contributed by atoms with Crippen LogP contribution in [0.1, 0.15) is 12.0 Å². The Hall–Kier alpha value is -2.34. The number of nitrogens with one attached hydrogen (secondary N) is 2. The van der Waals surface area contributed by atoms with E-state index in [2.05, 4.69) is 22.8 Å². The predicted molar refractivity (Wildman–Crippen MR) is 100 cm³/mol. The third-order valence-corrected chi connectivity index (χ3v) is 4.33. The minimum absolute atomic E-state index is 0.0763. The first-order chi connectivity index (χ1) is 12.1. The van der Waals surface area contributed by atoms with Crippen molar-refractivity contribution in [1.82, 2.24) is 5.32 Å². The van der Waals surface area contributed by atoms with E-state index in [0.717, 1.165) is 12.8 Å². The number of anilines is 1. The minimum atomic E-state index is -0.351. The Bertz CT molecular complexity index is 678. The van der Waals surface area contributed by atoms with Crippen LogP contribution in [0.25, 0.3) is 0 Å². The highest BCUT2D eigenvalue weighted by Crippen LogP contribution is 2.09. The predicted octanol–water partition coefficient (Wildman–Crippen LogP) is 3.25. The summed E-state index contributed by atoms with van der Waals surface area (Å²) in [5.41, 5.74) is 1.79. The molecule has 2 aromatic carbocycles. The van der Waals surface area contributed by atoms with E-state index in [9.17, 15) is 14.0 Å². The molecule has 0 spiro atoms. The Balaban J connectivity index is 1.54. The Morgan fingerprint density at radius 1 is 0.920 bits per heavy atom. The van der Waals surface area contributed by atoms with Crippen LogP contribution in [0.2, 0.25) is 0 Å². The molecule has 0 aromatic heterocycles. The molecule has 0 radical (unpaired) electrons. The van der Waals surface area contributed by atoms with Gasteiger partial charge in [0, 0.05) is 12.2 Å². The fourth-order valence-corrected chi connectivity index (χ4v) is 2.83. The smallest absolute Gasteiger partial charge is 0.234 e. The fourth-order valence-electron chi connectivity index (χ4n) is 2.18. The molecule has 0 atom stereocenters. The van der Waals surface area contributed by atoms with E-state index >= 15 is 0 Å². The highest BCUT2D eigenvalue weighted by atomic mass is 32.2. The second kappa shape index (κ2) is 10.5. The molecular weight excluding hydrogens is 339 g/mol. The first-order valence-electron chi connectivity index (χ1n) is 8.07. The van der Waals surface area contributed by atoms with Gasteiger partial charge in [0.1, 0.15) is 5.82 Å². The van der Waals surface area contributed by atoms with Crippen LogP contribution in [0, 0.1) is 5.82 Å². The van der Waals surface area contributed by atoms with Crippen LogP contribution in [0.5, 0.6) is 0 Å². The van der Waals surface area contributed by atoms with Crippen LogP contribution in [-0.4, -0.2) is 29.9 Å². The average molecular weight is 360 g/mol. The highest BCUT2D eigenvalue weighted by molar-refractivity contribution is 8.00. The van der Waals surface area contributed by atoms with Crippen LogP contribution in [-0.2, 0) is 16.0 Å². The maximum atomic E-state index is 12.8. The summed E-state index contributed by atoms with van der Waals surface area (Å²) < 4.78 is 12.8. The van der Waals surface area contributed by atoms with Crippen molar-refractivity contribution >= 4 is 29.3 Å². The van der Waals surface area contributed by atoms with Gasteiger partial charge in [-0.15, -0.1) is 11.8 Å². The van der Waals surface area contributed by atoms with E-state index in [0.29, 0.717) is 12.2 Å². The quantitative estimate of drug-likeness (QED) is 0.675. The van der Waals surface area contributed by atoms with Crippen LogP contribution in [0.3, 0.4) is 0 Å². The number of carbonyl (C=O) groups excluding carboxylic acids is 2. The molecule has 2 amide bonds. The molecule has 6 heteroatoms. The average Bonchev–Trinajstić information content (AvgIpc) is 2.62. The lowest BCUT2D eigenvalue weighted by atomic mass is 10.1. The molecule has 2 aromatic rings. The van der Waals surface area contributed by atoms with E-state index in [1.165, 1.54) is 41.6 Å². The molecule has 0 aliphatic heterocycles. The minimum Gasteiger partial charge on any atom is -0.355 e. The van der Waals surface area contributed by atoms with Crippen molar-refractivity contribution in [2.75, 3.05) is 23.4 Å². The molecule has 132 valence electrons. The van der Waals surface area contributed by atoms with Gasteiger partial charge in [0.25, 0.3) is 0 Å². The molecule has 2 N–H and O–H groups in total. The normalized spacial score (nSPS) is 10.3. The van der Waals surface area contributed by atoms with Crippen LogP contribution < -0.4 is 10.6 Å². The zero-order valence-electron chi connectivity index (χ0n) is 13.8. The summed E-state index contributed by atoms with van der Waals surface area (Å²) in [5.74, 6) is -0.228. The molecule has 25 heavy (non-hydrogen) atoms. The first kappa shape index (κ1) is 19.0. The number of thioether (sulfide) groups is 1. The zero-order chi connectivity index (χ0) is 17.9. The summed E-state index contributed by atoms with van der Waals surface area (Å²) in [5, 5.41) is 5.50. The van der Waals surface area contributed by atoms with Crippen molar-refractivity contribution in [3.05, 3.63) is 66.0 Å². The largest absolute Gasteiger partial charge is 0.355 e. The third kappa shape index (κ3) is 7.85. The van der Waals surface area contributed by atoms with Gasteiger partial charge in [-0.25, -0.2) is 4.39 Å². The molecule has 0 saturated heterocycles. The SMILES string of the molecule is O=C(CSCC(=O)Nc1ccc(F)cc1)NCCCc1ccccc1. The topological polar surface area (TPSA) is 58.2 Å². The number of hydrogen-bond donors (Lipinski definition) is 2. The number of rotatable bonds is 9.